The Bertz CT molecular complexity index is 429. The fraction of sp³-hybridized carbons (Fsp3) is 0.562. The van der Waals surface area contributed by atoms with Gasteiger partial charge < -0.3 is 15.1 Å². The van der Waals surface area contributed by atoms with Crippen LogP contribution in [0.1, 0.15) is 18.4 Å². The van der Waals surface area contributed by atoms with Gasteiger partial charge in [-0.1, -0.05) is 30.3 Å². The van der Waals surface area contributed by atoms with Crippen molar-refractivity contribution < 1.29 is 0 Å². The minimum Gasteiger partial charge on any atom is -0.355 e. The minimum absolute atomic E-state index is 0.636. The van der Waals surface area contributed by atoms with E-state index in [1.165, 1.54) is 24.9 Å². The SMILES string of the molecule is CN=C(NCC1CCCN1C)N(C)Cc1ccccc1. The van der Waals surface area contributed by atoms with E-state index in [9.17, 15) is 0 Å². The normalized spacial score (nSPS) is 20.1. The topological polar surface area (TPSA) is 30.9 Å². The zero-order chi connectivity index (χ0) is 14.4. The summed E-state index contributed by atoms with van der Waals surface area (Å²) in [5, 5.41) is 3.50. The molecule has 4 nitrogen and oxygen atoms in total. The van der Waals surface area contributed by atoms with Crippen molar-refractivity contribution in [2.24, 2.45) is 4.99 Å². The molecule has 1 aromatic rings. The number of likely N-dealkylation sites (tertiary alicyclic amines) is 1. The van der Waals surface area contributed by atoms with Gasteiger partial charge in [-0.3, -0.25) is 4.99 Å². The molecule has 1 N–H and O–H groups in total. The molecule has 1 fully saturated rings. The number of likely N-dealkylation sites (N-methyl/N-ethyl adjacent to an activating group) is 1. The van der Waals surface area contributed by atoms with Crippen LogP contribution in [-0.4, -0.2) is 56.0 Å². The van der Waals surface area contributed by atoms with Gasteiger partial charge in [0.1, 0.15) is 0 Å². The fourth-order valence-electron chi connectivity index (χ4n) is 2.76. The fourth-order valence-corrected chi connectivity index (χ4v) is 2.76. The Morgan fingerprint density at radius 2 is 2.15 bits per heavy atom. The van der Waals surface area contributed by atoms with Gasteiger partial charge in [0.15, 0.2) is 5.96 Å². The van der Waals surface area contributed by atoms with Crippen LogP contribution in [0.3, 0.4) is 0 Å². The number of nitrogens with one attached hydrogen (secondary N) is 1. The molecule has 0 bridgehead atoms. The van der Waals surface area contributed by atoms with Gasteiger partial charge in [0, 0.05) is 33.2 Å². The molecule has 0 spiro atoms. The summed E-state index contributed by atoms with van der Waals surface area (Å²) in [6.45, 7) is 3.06. The van der Waals surface area contributed by atoms with Crippen LogP contribution in [0, 0.1) is 0 Å². The van der Waals surface area contributed by atoms with Crippen LogP contribution in [0.25, 0.3) is 0 Å². The maximum absolute atomic E-state index is 4.38. The largest absolute Gasteiger partial charge is 0.355 e. The molecule has 0 aliphatic carbocycles. The van der Waals surface area contributed by atoms with E-state index in [2.05, 4.69) is 58.5 Å². The molecule has 1 aliphatic rings. The predicted octanol–water partition coefficient (Wildman–Crippen LogP) is 1.79. The van der Waals surface area contributed by atoms with Crippen LogP contribution in [0.2, 0.25) is 0 Å². The molecule has 1 aromatic carbocycles. The number of nitrogens with zero attached hydrogens (tertiary/aromatic N) is 3. The lowest BCUT2D eigenvalue weighted by Crippen LogP contribution is -2.44. The second-order valence-electron chi connectivity index (χ2n) is 5.55. The summed E-state index contributed by atoms with van der Waals surface area (Å²) in [4.78, 5) is 8.98. The Hall–Kier alpha value is -1.55. The Labute approximate surface area is 122 Å². The maximum Gasteiger partial charge on any atom is 0.193 e. The van der Waals surface area contributed by atoms with Gasteiger partial charge in [-0.05, 0) is 32.0 Å². The van der Waals surface area contributed by atoms with Crippen molar-refractivity contribution in [2.45, 2.75) is 25.4 Å². The van der Waals surface area contributed by atoms with Crippen molar-refractivity contribution in [1.29, 1.82) is 0 Å². The van der Waals surface area contributed by atoms with Crippen molar-refractivity contribution in [3.63, 3.8) is 0 Å². The quantitative estimate of drug-likeness (QED) is 0.671. The van der Waals surface area contributed by atoms with Crippen molar-refractivity contribution in [3.05, 3.63) is 35.9 Å². The van der Waals surface area contributed by atoms with Crippen molar-refractivity contribution >= 4 is 5.96 Å². The first-order valence-corrected chi connectivity index (χ1v) is 7.36. The summed E-state index contributed by atoms with van der Waals surface area (Å²) >= 11 is 0. The van der Waals surface area contributed by atoms with E-state index in [0.29, 0.717) is 6.04 Å². The van der Waals surface area contributed by atoms with E-state index in [0.717, 1.165) is 19.0 Å². The summed E-state index contributed by atoms with van der Waals surface area (Å²) < 4.78 is 0. The van der Waals surface area contributed by atoms with Crippen molar-refractivity contribution in [3.8, 4) is 0 Å². The molecule has 0 aromatic heterocycles. The molecule has 0 saturated carbocycles. The average molecular weight is 274 g/mol. The zero-order valence-corrected chi connectivity index (χ0v) is 12.8. The van der Waals surface area contributed by atoms with Crippen molar-refractivity contribution in [1.82, 2.24) is 15.1 Å². The van der Waals surface area contributed by atoms with Crippen LogP contribution in [0.4, 0.5) is 0 Å². The lowest BCUT2D eigenvalue weighted by molar-refractivity contribution is 0.306. The Kier molecular flexibility index (Phi) is 5.41. The minimum atomic E-state index is 0.636. The molecule has 1 saturated heterocycles. The van der Waals surface area contributed by atoms with Crippen LogP contribution in [-0.2, 0) is 6.54 Å². The van der Waals surface area contributed by atoms with E-state index in [1.54, 1.807) is 0 Å². The van der Waals surface area contributed by atoms with Crippen LogP contribution >= 0.6 is 0 Å². The molecule has 1 atom stereocenters. The van der Waals surface area contributed by atoms with E-state index >= 15 is 0 Å². The number of benzene rings is 1. The van der Waals surface area contributed by atoms with E-state index in [1.807, 2.05) is 13.1 Å². The number of guanidine groups is 1. The molecule has 1 heterocycles. The highest BCUT2D eigenvalue weighted by Crippen LogP contribution is 2.13. The van der Waals surface area contributed by atoms with Gasteiger partial charge in [0.2, 0.25) is 0 Å². The predicted molar refractivity (Wildman–Crippen MR) is 84.9 cm³/mol. The molecule has 0 radical (unpaired) electrons. The number of rotatable bonds is 4. The molecular formula is C16H26N4. The van der Waals surface area contributed by atoms with Crippen LogP contribution in [0.5, 0.6) is 0 Å². The first kappa shape index (κ1) is 14.9. The molecular weight excluding hydrogens is 248 g/mol. The summed E-state index contributed by atoms with van der Waals surface area (Å²) in [5.41, 5.74) is 1.30. The van der Waals surface area contributed by atoms with Gasteiger partial charge >= 0.3 is 0 Å². The van der Waals surface area contributed by atoms with Gasteiger partial charge in [0.25, 0.3) is 0 Å². The van der Waals surface area contributed by atoms with E-state index in [-0.39, 0.29) is 0 Å². The number of hydrogen-bond donors (Lipinski definition) is 1. The molecule has 20 heavy (non-hydrogen) atoms. The van der Waals surface area contributed by atoms with Crippen molar-refractivity contribution in [2.75, 3.05) is 34.2 Å². The zero-order valence-electron chi connectivity index (χ0n) is 12.8. The summed E-state index contributed by atoms with van der Waals surface area (Å²) in [6, 6.07) is 11.1. The smallest absolute Gasteiger partial charge is 0.193 e. The molecule has 1 unspecified atom stereocenters. The van der Waals surface area contributed by atoms with Crippen LogP contribution < -0.4 is 5.32 Å². The highest BCUT2D eigenvalue weighted by atomic mass is 15.3. The van der Waals surface area contributed by atoms with Gasteiger partial charge in [-0.2, -0.15) is 0 Å². The van der Waals surface area contributed by atoms with E-state index in [4.69, 9.17) is 0 Å². The van der Waals surface area contributed by atoms with Gasteiger partial charge in [-0.15, -0.1) is 0 Å². The van der Waals surface area contributed by atoms with Gasteiger partial charge in [-0.25, -0.2) is 0 Å². The van der Waals surface area contributed by atoms with E-state index < -0.39 is 0 Å². The number of aliphatic imine (C=N–C) groups is 1. The second kappa shape index (κ2) is 7.29. The third-order valence-electron chi connectivity index (χ3n) is 4.00. The Morgan fingerprint density at radius 3 is 2.75 bits per heavy atom. The first-order valence-electron chi connectivity index (χ1n) is 7.36. The molecule has 4 heteroatoms. The third-order valence-corrected chi connectivity index (χ3v) is 4.00. The molecule has 2 rings (SSSR count). The summed E-state index contributed by atoms with van der Waals surface area (Å²) in [7, 11) is 6.14. The maximum atomic E-state index is 4.38. The number of hydrogen-bond acceptors (Lipinski definition) is 2. The molecule has 0 amide bonds. The third kappa shape index (κ3) is 3.97. The van der Waals surface area contributed by atoms with Gasteiger partial charge in [0.05, 0.1) is 0 Å². The molecule has 1 aliphatic heterocycles. The standard InChI is InChI=1S/C16H26N4/c1-17-16(18-12-15-10-7-11-19(15)2)20(3)13-14-8-5-4-6-9-14/h4-6,8-9,15H,7,10-13H2,1-3H3,(H,17,18). The summed E-state index contributed by atoms with van der Waals surface area (Å²) in [5.74, 6) is 0.967. The lowest BCUT2D eigenvalue weighted by atomic mass is 10.2. The Morgan fingerprint density at radius 1 is 1.40 bits per heavy atom. The lowest BCUT2D eigenvalue weighted by Gasteiger charge is -2.25. The second-order valence-corrected chi connectivity index (χ2v) is 5.55. The van der Waals surface area contributed by atoms with Crippen LogP contribution in [0.15, 0.2) is 35.3 Å². The summed E-state index contributed by atoms with van der Waals surface area (Å²) in [6.07, 6.45) is 2.59. The first-order chi connectivity index (χ1) is 9.70. The highest BCUT2D eigenvalue weighted by Gasteiger charge is 2.21. The molecule has 110 valence electrons. The highest BCUT2D eigenvalue weighted by molar-refractivity contribution is 5.79. The monoisotopic (exact) mass is 274 g/mol. The Balaban J connectivity index is 1.85. The average Bonchev–Trinajstić information content (AvgIpc) is 2.86.